The van der Waals surface area contributed by atoms with Gasteiger partial charge in [0.15, 0.2) is 0 Å². The fourth-order valence-corrected chi connectivity index (χ4v) is 0. The Morgan fingerprint density at radius 2 is 1.75 bits per heavy atom. The molecule has 0 bridgehead atoms. The first kappa shape index (κ1) is 8.82. The number of hydrogen-bond donors (Lipinski definition) is 0. The average molecular weight is 86.0 g/mol. The molecule has 0 saturated carbocycles. The Labute approximate surface area is 45.7 Å². The van der Waals surface area contributed by atoms with Crippen LogP contribution in [0.2, 0.25) is 0 Å². The van der Waals surface area contributed by atoms with Gasteiger partial charge in [0.2, 0.25) is 0 Å². The molecule has 0 aliphatic heterocycles. The summed E-state index contributed by atoms with van der Waals surface area (Å²) < 4.78 is 0. The first-order valence-corrected chi connectivity index (χ1v) is 0.816. The van der Waals surface area contributed by atoms with Crippen molar-refractivity contribution in [3.05, 3.63) is 19.6 Å². The third-order valence-electron chi connectivity index (χ3n) is 0. The Morgan fingerprint density at radius 3 is 1.75 bits per heavy atom. The molecular weight excluding hydrogens is 81.0 g/mol. The van der Waals surface area contributed by atoms with Gasteiger partial charge in [-0.2, -0.15) is 0 Å². The van der Waals surface area contributed by atoms with Crippen LogP contribution in [0.4, 0.5) is 0 Å². The van der Waals surface area contributed by atoms with E-state index in [2.05, 4.69) is 13.5 Å². The van der Waals surface area contributed by atoms with E-state index in [1.807, 2.05) is 0 Å². The molecule has 0 saturated heterocycles. The van der Waals surface area contributed by atoms with Crippen molar-refractivity contribution in [3.8, 4) is 0 Å². The van der Waals surface area contributed by atoms with Crippen molar-refractivity contribution in [2.24, 2.45) is 0 Å². The molecule has 0 atom stereocenters. The van der Waals surface area contributed by atoms with Crippen LogP contribution >= 0.6 is 0 Å². The van der Waals surface area contributed by atoms with Crippen LogP contribution in [0.25, 0.3) is 0 Å². The summed E-state index contributed by atoms with van der Waals surface area (Å²) in [6, 6.07) is 0. The Balaban J connectivity index is 0. The third kappa shape index (κ3) is 23.6. The second-order valence-corrected chi connectivity index (χ2v) is 0.289. The molecule has 0 aromatic carbocycles. The van der Waals surface area contributed by atoms with E-state index in [1.54, 1.807) is 0 Å². The van der Waals surface area contributed by atoms with Crippen molar-refractivity contribution < 1.29 is 25.8 Å². The van der Waals surface area contributed by atoms with Crippen LogP contribution < -0.4 is 0 Å². The van der Waals surface area contributed by atoms with Crippen LogP contribution in [0.1, 0.15) is 0 Å². The van der Waals surface area contributed by atoms with Gasteiger partial charge >= 0.3 is 0 Å². The van der Waals surface area contributed by atoms with Crippen molar-refractivity contribution >= 4 is 0 Å². The van der Waals surface area contributed by atoms with E-state index >= 15 is 0 Å². The van der Waals surface area contributed by atoms with E-state index in [0.29, 0.717) is 0 Å². The molecule has 0 aromatic rings. The molecule has 0 N–H and O–H groups in total. The molecule has 1 heteroatoms. The third-order valence-corrected chi connectivity index (χ3v) is 0. The van der Waals surface area contributed by atoms with Crippen molar-refractivity contribution in [2.75, 3.05) is 0 Å². The molecule has 0 spiro atoms. The molecule has 4 heavy (non-hydrogen) atoms. The molecule has 0 aliphatic rings. The van der Waals surface area contributed by atoms with E-state index in [4.69, 9.17) is 0 Å². The van der Waals surface area contributed by atoms with Crippen LogP contribution in [0, 0.1) is 6.92 Å². The zero-order valence-corrected chi connectivity index (χ0v) is 4.37. The summed E-state index contributed by atoms with van der Waals surface area (Å²) in [7, 11) is 0. The minimum absolute atomic E-state index is 0. The zero-order valence-electron chi connectivity index (χ0n) is 2.57. The first-order valence-electron chi connectivity index (χ1n) is 0.816. The summed E-state index contributed by atoms with van der Waals surface area (Å²) in [5.74, 6) is 0. The minimum atomic E-state index is 0. The molecule has 0 heterocycles. The van der Waals surface area contributed by atoms with Crippen LogP contribution in [-0.4, -0.2) is 0 Å². The number of rotatable bonds is 0. The quantitative estimate of drug-likeness (QED) is 0.386. The van der Waals surface area contributed by atoms with E-state index in [0.717, 1.165) is 0 Å². The van der Waals surface area contributed by atoms with Gasteiger partial charge in [0.05, 0.1) is 0 Å². The molecule has 0 aromatic heterocycles. The Hall–Kier alpha value is 0.480. The first-order chi connectivity index (χ1) is 1.41. The van der Waals surface area contributed by atoms with Crippen molar-refractivity contribution in [1.82, 2.24) is 0 Å². The SMILES string of the molecule is C=C[CH2-].[Sc]. The predicted molar refractivity (Wildman–Crippen MR) is 15.6 cm³/mol. The van der Waals surface area contributed by atoms with Gasteiger partial charge in [-0.3, -0.25) is 0 Å². The summed E-state index contributed by atoms with van der Waals surface area (Å²) in [6.07, 6.45) is 1.50. The molecule has 0 unspecified atom stereocenters. The Morgan fingerprint density at radius 1 is 1.75 bits per heavy atom. The zero-order chi connectivity index (χ0) is 2.71. The van der Waals surface area contributed by atoms with E-state index in [-0.39, 0.29) is 25.8 Å². The Kier molecular flexibility index (Phi) is 21.5. The summed E-state index contributed by atoms with van der Waals surface area (Å²) >= 11 is 0. The van der Waals surface area contributed by atoms with Crippen LogP contribution in [0.15, 0.2) is 12.7 Å². The summed E-state index contributed by atoms with van der Waals surface area (Å²) in [4.78, 5) is 0. The molecule has 0 nitrogen and oxygen atoms in total. The maximum Gasteiger partial charge on any atom is 0 e. The van der Waals surface area contributed by atoms with Gasteiger partial charge in [0, 0.05) is 25.8 Å². The fourth-order valence-electron chi connectivity index (χ4n) is 0. The van der Waals surface area contributed by atoms with Gasteiger partial charge in [-0.15, -0.1) is 0 Å². The maximum atomic E-state index is 3.25. The van der Waals surface area contributed by atoms with Gasteiger partial charge in [-0.05, 0) is 0 Å². The van der Waals surface area contributed by atoms with Gasteiger partial charge in [-0.25, -0.2) is 19.6 Å². The monoisotopic (exact) mass is 86.0 g/mol. The van der Waals surface area contributed by atoms with E-state index < -0.39 is 0 Å². The second kappa shape index (κ2) is 9.77. The van der Waals surface area contributed by atoms with Crippen LogP contribution in [-0.2, 0) is 25.8 Å². The van der Waals surface area contributed by atoms with Crippen molar-refractivity contribution in [3.63, 3.8) is 0 Å². The molecule has 0 amide bonds. The van der Waals surface area contributed by atoms with Gasteiger partial charge in [-0.1, -0.05) is 0 Å². The molecular formula is C3H5Sc-. The normalized spacial score (nSPS) is 3.00. The largest absolute Gasteiger partial charge is 0.245 e. The second-order valence-electron chi connectivity index (χ2n) is 0.289. The smallest absolute Gasteiger partial charge is 0 e. The standard InChI is InChI=1S/C3H5.Sc/c1-3-2;/h3H,1-2H2;/q-1;. The number of allylic oxidation sites excluding steroid dienone is 1. The van der Waals surface area contributed by atoms with Crippen molar-refractivity contribution in [2.45, 2.75) is 0 Å². The average Bonchev–Trinajstić information content (AvgIpc) is 0.918. The van der Waals surface area contributed by atoms with E-state index in [1.165, 1.54) is 6.08 Å². The molecule has 0 aliphatic carbocycles. The Bertz CT molecular complexity index is 10.8. The van der Waals surface area contributed by atoms with Crippen LogP contribution in [0.3, 0.4) is 0 Å². The van der Waals surface area contributed by atoms with E-state index in [9.17, 15) is 0 Å². The maximum absolute atomic E-state index is 3.25. The summed E-state index contributed by atoms with van der Waals surface area (Å²) in [6.45, 7) is 6.50. The predicted octanol–water partition coefficient (Wildman–Crippen LogP) is 1.00. The molecule has 1 radical (unpaired) electrons. The van der Waals surface area contributed by atoms with Crippen LogP contribution in [0.5, 0.6) is 0 Å². The van der Waals surface area contributed by atoms with Gasteiger partial charge < -0.3 is 0 Å². The topological polar surface area (TPSA) is 0 Å². The van der Waals surface area contributed by atoms with Crippen molar-refractivity contribution in [1.29, 1.82) is 0 Å². The molecule has 0 rings (SSSR count). The molecule has 21 valence electrons. The fraction of sp³-hybridized carbons (Fsp3) is 0. The summed E-state index contributed by atoms with van der Waals surface area (Å²) in [5.41, 5.74) is 0. The van der Waals surface area contributed by atoms with Gasteiger partial charge in [0.1, 0.15) is 0 Å². The van der Waals surface area contributed by atoms with Gasteiger partial charge in [0.25, 0.3) is 0 Å². The number of hydrogen-bond acceptors (Lipinski definition) is 0. The summed E-state index contributed by atoms with van der Waals surface area (Å²) in [5, 5.41) is 0. The molecule has 0 fully saturated rings. The minimum Gasteiger partial charge on any atom is -0.245 e.